The maximum absolute atomic E-state index is 11.3. The summed E-state index contributed by atoms with van der Waals surface area (Å²) < 4.78 is 1.34. The normalized spacial score (nSPS) is 12.4. The SMILES string of the molecule is NC(CNc1cc2n[nH]c(=O)n2cn1)c1ccccc1. The van der Waals surface area contributed by atoms with Crippen molar-refractivity contribution in [3.63, 3.8) is 0 Å². The van der Waals surface area contributed by atoms with Gasteiger partial charge in [0.15, 0.2) is 5.65 Å². The number of nitrogens with one attached hydrogen (secondary N) is 2. The van der Waals surface area contributed by atoms with Crippen LogP contribution in [-0.4, -0.2) is 26.1 Å². The number of aromatic nitrogens is 4. The van der Waals surface area contributed by atoms with Crippen LogP contribution in [0.15, 0.2) is 47.5 Å². The molecule has 0 amide bonds. The first-order valence-electron chi connectivity index (χ1n) is 6.21. The van der Waals surface area contributed by atoms with E-state index in [9.17, 15) is 4.79 Å². The van der Waals surface area contributed by atoms with E-state index in [1.807, 2.05) is 30.3 Å². The van der Waals surface area contributed by atoms with E-state index in [-0.39, 0.29) is 11.7 Å². The van der Waals surface area contributed by atoms with Crippen LogP contribution in [0.4, 0.5) is 5.82 Å². The van der Waals surface area contributed by atoms with Crippen molar-refractivity contribution in [2.45, 2.75) is 6.04 Å². The third-order valence-electron chi connectivity index (χ3n) is 3.04. The standard InChI is InChI=1S/C13H14N6O/c14-10(9-4-2-1-3-5-9)7-15-11-6-12-17-18-13(20)19(12)8-16-11/h1-6,8,10,15H,7,14H2,(H,18,20). The lowest BCUT2D eigenvalue weighted by atomic mass is 10.1. The number of benzene rings is 1. The average Bonchev–Trinajstić information content (AvgIpc) is 2.87. The number of nitrogens with two attached hydrogens (primary N) is 1. The van der Waals surface area contributed by atoms with Crippen LogP contribution in [0.1, 0.15) is 11.6 Å². The van der Waals surface area contributed by atoms with E-state index >= 15 is 0 Å². The molecule has 7 nitrogen and oxygen atoms in total. The van der Waals surface area contributed by atoms with Gasteiger partial charge in [-0.2, -0.15) is 5.10 Å². The minimum Gasteiger partial charge on any atom is -0.368 e. The number of hydrogen-bond acceptors (Lipinski definition) is 5. The Morgan fingerprint density at radius 1 is 1.35 bits per heavy atom. The van der Waals surface area contributed by atoms with Gasteiger partial charge in [0.05, 0.1) is 0 Å². The first kappa shape index (κ1) is 12.4. The first-order chi connectivity index (χ1) is 9.74. The Morgan fingerprint density at radius 2 is 2.15 bits per heavy atom. The zero-order valence-corrected chi connectivity index (χ0v) is 10.7. The van der Waals surface area contributed by atoms with Crippen LogP contribution < -0.4 is 16.7 Å². The van der Waals surface area contributed by atoms with E-state index in [0.29, 0.717) is 18.0 Å². The van der Waals surface area contributed by atoms with Crippen molar-refractivity contribution in [1.29, 1.82) is 0 Å². The predicted octanol–water partition coefficient (Wildman–Crippen LogP) is 0.529. The third-order valence-corrected chi connectivity index (χ3v) is 3.04. The molecular formula is C13H14N6O. The summed E-state index contributed by atoms with van der Waals surface area (Å²) in [6, 6.07) is 11.4. The van der Waals surface area contributed by atoms with Gasteiger partial charge in [0.1, 0.15) is 12.1 Å². The molecule has 0 saturated carbocycles. The van der Waals surface area contributed by atoms with Gasteiger partial charge < -0.3 is 11.1 Å². The molecule has 7 heteroatoms. The molecule has 102 valence electrons. The fraction of sp³-hybridized carbons (Fsp3) is 0.154. The number of fused-ring (bicyclic) bond motifs is 1. The smallest absolute Gasteiger partial charge is 0.348 e. The van der Waals surface area contributed by atoms with Crippen LogP contribution in [0.5, 0.6) is 0 Å². The Kier molecular flexibility index (Phi) is 3.18. The molecule has 2 heterocycles. The summed E-state index contributed by atoms with van der Waals surface area (Å²) in [7, 11) is 0. The Hall–Kier alpha value is -2.67. The van der Waals surface area contributed by atoms with Crippen molar-refractivity contribution < 1.29 is 0 Å². The molecule has 0 saturated heterocycles. The predicted molar refractivity (Wildman–Crippen MR) is 75.5 cm³/mol. The number of nitrogens with zero attached hydrogens (tertiary/aromatic N) is 3. The summed E-state index contributed by atoms with van der Waals surface area (Å²) in [4.78, 5) is 15.4. The van der Waals surface area contributed by atoms with Gasteiger partial charge in [-0.3, -0.25) is 0 Å². The fourth-order valence-electron chi connectivity index (χ4n) is 1.94. The Morgan fingerprint density at radius 3 is 2.95 bits per heavy atom. The maximum Gasteiger partial charge on any atom is 0.348 e. The van der Waals surface area contributed by atoms with Crippen LogP contribution in [-0.2, 0) is 0 Å². The second kappa shape index (κ2) is 5.14. The summed E-state index contributed by atoms with van der Waals surface area (Å²) in [6.07, 6.45) is 1.43. The lowest BCUT2D eigenvalue weighted by Gasteiger charge is -2.13. The number of H-pyrrole nitrogens is 1. The molecule has 0 spiro atoms. The van der Waals surface area contributed by atoms with Crippen LogP contribution in [0.2, 0.25) is 0 Å². The van der Waals surface area contributed by atoms with Crippen LogP contribution >= 0.6 is 0 Å². The minimum atomic E-state index is -0.306. The van der Waals surface area contributed by atoms with Crippen LogP contribution in [0.3, 0.4) is 0 Å². The number of aromatic amines is 1. The molecule has 1 aromatic carbocycles. The molecule has 3 rings (SSSR count). The van der Waals surface area contributed by atoms with E-state index in [1.165, 1.54) is 10.7 Å². The summed E-state index contributed by atoms with van der Waals surface area (Å²) in [5.74, 6) is 0.628. The molecule has 20 heavy (non-hydrogen) atoms. The van der Waals surface area contributed by atoms with Gasteiger partial charge in [-0.25, -0.2) is 19.3 Å². The molecule has 0 fully saturated rings. The first-order valence-corrected chi connectivity index (χ1v) is 6.21. The zero-order chi connectivity index (χ0) is 13.9. The van der Waals surface area contributed by atoms with E-state index in [4.69, 9.17) is 5.73 Å². The van der Waals surface area contributed by atoms with Crippen molar-refractivity contribution in [3.05, 3.63) is 58.8 Å². The summed E-state index contributed by atoms with van der Waals surface area (Å²) in [5, 5.41) is 9.38. The minimum absolute atomic E-state index is 0.129. The lowest BCUT2D eigenvalue weighted by molar-refractivity contribution is 0.761. The van der Waals surface area contributed by atoms with E-state index in [0.717, 1.165) is 5.56 Å². The molecule has 0 aliphatic rings. The van der Waals surface area contributed by atoms with Gasteiger partial charge in [0.2, 0.25) is 0 Å². The van der Waals surface area contributed by atoms with Crippen molar-refractivity contribution >= 4 is 11.5 Å². The number of anilines is 1. The molecule has 0 aliphatic heterocycles. The van der Waals surface area contributed by atoms with Crippen molar-refractivity contribution in [2.24, 2.45) is 5.73 Å². The lowest BCUT2D eigenvalue weighted by Crippen LogP contribution is -2.21. The summed E-state index contributed by atoms with van der Waals surface area (Å²) >= 11 is 0. The van der Waals surface area contributed by atoms with Crippen molar-refractivity contribution in [3.8, 4) is 0 Å². The molecule has 0 radical (unpaired) electrons. The highest BCUT2D eigenvalue weighted by Gasteiger charge is 2.06. The van der Waals surface area contributed by atoms with Crippen molar-refractivity contribution in [2.75, 3.05) is 11.9 Å². The molecule has 0 bridgehead atoms. The second-order valence-corrected chi connectivity index (χ2v) is 4.43. The highest BCUT2D eigenvalue weighted by Crippen LogP contribution is 2.11. The highest BCUT2D eigenvalue weighted by molar-refractivity contribution is 5.48. The third kappa shape index (κ3) is 2.39. The molecule has 0 aliphatic carbocycles. The largest absolute Gasteiger partial charge is 0.368 e. The van der Waals surface area contributed by atoms with Gasteiger partial charge in [-0.1, -0.05) is 30.3 Å². The second-order valence-electron chi connectivity index (χ2n) is 4.43. The highest BCUT2D eigenvalue weighted by atomic mass is 16.1. The van der Waals surface area contributed by atoms with Gasteiger partial charge in [0.25, 0.3) is 0 Å². The van der Waals surface area contributed by atoms with Gasteiger partial charge in [-0.15, -0.1) is 0 Å². The molecule has 4 N–H and O–H groups in total. The van der Waals surface area contributed by atoms with Crippen LogP contribution in [0, 0.1) is 0 Å². The molecule has 2 aromatic heterocycles. The zero-order valence-electron chi connectivity index (χ0n) is 10.7. The van der Waals surface area contributed by atoms with Crippen LogP contribution in [0.25, 0.3) is 5.65 Å². The monoisotopic (exact) mass is 270 g/mol. The maximum atomic E-state index is 11.3. The van der Waals surface area contributed by atoms with Crippen molar-refractivity contribution in [1.82, 2.24) is 19.6 Å². The number of hydrogen-bond donors (Lipinski definition) is 3. The Bertz CT molecular complexity index is 763. The quantitative estimate of drug-likeness (QED) is 0.642. The Labute approximate surface area is 114 Å². The topological polar surface area (TPSA) is 101 Å². The van der Waals surface area contributed by atoms with Gasteiger partial charge >= 0.3 is 5.69 Å². The summed E-state index contributed by atoms with van der Waals surface area (Å²) in [6.45, 7) is 0.543. The van der Waals surface area contributed by atoms with E-state index in [2.05, 4.69) is 20.5 Å². The van der Waals surface area contributed by atoms with E-state index in [1.54, 1.807) is 6.07 Å². The molecular weight excluding hydrogens is 256 g/mol. The fourth-order valence-corrected chi connectivity index (χ4v) is 1.94. The van der Waals surface area contributed by atoms with Gasteiger partial charge in [-0.05, 0) is 5.56 Å². The van der Waals surface area contributed by atoms with Gasteiger partial charge in [0, 0.05) is 18.7 Å². The molecule has 3 aromatic rings. The Balaban J connectivity index is 1.72. The summed E-state index contributed by atoms with van der Waals surface area (Å²) in [5.41, 5.74) is 7.35. The molecule has 1 atom stereocenters. The average molecular weight is 270 g/mol. The number of rotatable bonds is 4. The molecule has 1 unspecified atom stereocenters. The van der Waals surface area contributed by atoms with E-state index < -0.39 is 0 Å².